The minimum Gasteiger partial charge on any atom is -0.464 e. The van der Waals surface area contributed by atoms with Crippen molar-refractivity contribution in [2.45, 2.75) is 13.8 Å². The summed E-state index contributed by atoms with van der Waals surface area (Å²) in [5.74, 6) is -0.601. The molecular formula is C24H20N4O2S. The topological polar surface area (TPSA) is 93.9 Å². The van der Waals surface area contributed by atoms with E-state index in [1.165, 1.54) is 18.2 Å². The summed E-state index contributed by atoms with van der Waals surface area (Å²) in [4.78, 5) is 17.1. The van der Waals surface area contributed by atoms with Crippen molar-refractivity contribution in [3.8, 4) is 33.6 Å². The number of esters is 1. The van der Waals surface area contributed by atoms with Crippen LogP contribution in [0.15, 0.2) is 54.0 Å². The van der Waals surface area contributed by atoms with Gasteiger partial charge in [0.15, 0.2) is 5.69 Å². The largest absolute Gasteiger partial charge is 0.464 e. The molecule has 0 aliphatic rings. The lowest BCUT2D eigenvalue weighted by atomic mass is 10.0. The molecule has 0 saturated carbocycles. The summed E-state index contributed by atoms with van der Waals surface area (Å²) in [5.41, 5.74) is 12.5. The number of hydrogen-bond donors (Lipinski definition) is 1. The summed E-state index contributed by atoms with van der Waals surface area (Å²) in [6.07, 6.45) is 1.55. The number of aryl methyl sites for hydroxylation is 2. The molecule has 0 aliphatic heterocycles. The predicted molar refractivity (Wildman–Crippen MR) is 122 cm³/mol. The first-order chi connectivity index (χ1) is 14.9. The van der Waals surface area contributed by atoms with Gasteiger partial charge in [0.05, 0.1) is 24.1 Å². The Bertz CT molecular complexity index is 1340. The van der Waals surface area contributed by atoms with Gasteiger partial charge in [-0.2, -0.15) is 5.26 Å². The zero-order valence-electron chi connectivity index (χ0n) is 17.3. The molecule has 0 amide bonds. The average Bonchev–Trinajstić information content (AvgIpc) is 3.40. The summed E-state index contributed by atoms with van der Waals surface area (Å²) in [6, 6.07) is 15.9. The Morgan fingerprint density at radius 2 is 2.03 bits per heavy atom. The van der Waals surface area contributed by atoms with Gasteiger partial charge in [0, 0.05) is 28.4 Å². The number of anilines is 1. The van der Waals surface area contributed by atoms with E-state index < -0.39 is 5.97 Å². The molecule has 0 aliphatic carbocycles. The van der Waals surface area contributed by atoms with E-state index in [2.05, 4.69) is 32.0 Å². The average molecular weight is 429 g/mol. The highest BCUT2D eigenvalue weighted by molar-refractivity contribution is 7.13. The second-order valence-electron chi connectivity index (χ2n) is 7.19. The van der Waals surface area contributed by atoms with E-state index in [9.17, 15) is 10.1 Å². The third-order valence-corrected chi connectivity index (χ3v) is 5.98. The Balaban J connectivity index is 1.78. The molecule has 31 heavy (non-hydrogen) atoms. The number of carbonyl (C=O) groups excluding carboxylic acids is 1. The number of ether oxygens (including phenoxy) is 1. The lowest BCUT2D eigenvalue weighted by Gasteiger charge is -2.09. The molecule has 0 radical (unpaired) electrons. The van der Waals surface area contributed by atoms with Gasteiger partial charge in [-0.15, -0.1) is 11.3 Å². The molecule has 4 aromatic rings. The van der Waals surface area contributed by atoms with Gasteiger partial charge < -0.3 is 15.0 Å². The van der Waals surface area contributed by atoms with Gasteiger partial charge in [-0.1, -0.05) is 29.8 Å². The number of methoxy groups -OCH3 is 1. The maximum atomic E-state index is 12.3. The van der Waals surface area contributed by atoms with Crippen molar-refractivity contribution < 1.29 is 9.53 Å². The monoisotopic (exact) mass is 428 g/mol. The number of carbonyl (C=O) groups is 1. The van der Waals surface area contributed by atoms with Crippen molar-refractivity contribution >= 4 is 23.0 Å². The smallest absolute Gasteiger partial charge is 0.357 e. The van der Waals surface area contributed by atoms with Crippen molar-refractivity contribution in [2.24, 2.45) is 0 Å². The zero-order chi connectivity index (χ0) is 22.1. The SMILES string of the molecule is COC(=O)c1c(N)c(C#N)cn1-c1cccc(-c2nc(-c3cc(C)ccc3C)cs2)c1. The summed E-state index contributed by atoms with van der Waals surface area (Å²) in [7, 11) is 1.28. The van der Waals surface area contributed by atoms with Gasteiger partial charge >= 0.3 is 5.97 Å². The van der Waals surface area contributed by atoms with Crippen LogP contribution in [0.2, 0.25) is 0 Å². The maximum Gasteiger partial charge on any atom is 0.357 e. The number of nitriles is 1. The number of rotatable bonds is 4. The van der Waals surface area contributed by atoms with Gasteiger partial charge in [-0.05, 0) is 37.6 Å². The molecule has 0 bridgehead atoms. The van der Waals surface area contributed by atoms with Crippen LogP contribution >= 0.6 is 11.3 Å². The van der Waals surface area contributed by atoms with Crippen LogP contribution < -0.4 is 5.73 Å². The van der Waals surface area contributed by atoms with E-state index in [0.717, 1.165) is 21.8 Å². The van der Waals surface area contributed by atoms with Gasteiger partial charge in [0.1, 0.15) is 11.1 Å². The number of hydrogen-bond acceptors (Lipinski definition) is 6. The standard InChI is InChI=1S/C24H20N4O2S/c1-14-7-8-15(2)19(9-14)20-13-31-23(27-20)16-5-4-6-18(10-16)28-12-17(11-25)21(26)22(28)24(29)30-3/h4-10,12-13H,26H2,1-3H3. The van der Waals surface area contributed by atoms with E-state index in [-0.39, 0.29) is 16.9 Å². The number of benzene rings is 2. The molecule has 2 N–H and O–H groups in total. The molecule has 2 heterocycles. The highest BCUT2D eigenvalue weighted by Crippen LogP contribution is 2.33. The number of nitrogens with two attached hydrogens (primary N) is 1. The van der Waals surface area contributed by atoms with Crippen molar-refractivity contribution in [1.82, 2.24) is 9.55 Å². The van der Waals surface area contributed by atoms with Crippen LogP contribution in [-0.2, 0) is 4.74 Å². The zero-order valence-corrected chi connectivity index (χ0v) is 18.2. The molecule has 2 aromatic carbocycles. The number of nitrogen functional groups attached to an aromatic ring is 1. The highest BCUT2D eigenvalue weighted by Gasteiger charge is 2.22. The Morgan fingerprint density at radius 1 is 1.23 bits per heavy atom. The second kappa shape index (κ2) is 8.09. The molecule has 6 nitrogen and oxygen atoms in total. The van der Waals surface area contributed by atoms with Crippen LogP contribution in [0, 0.1) is 25.2 Å². The number of nitrogens with zero attached hydrogens (tertiary/aromatic N) is 3. The minimum atomic E-state index is -0.601. The van der Waals surface area contributed by atoms with Crippen molar-refractivity contribution in [1.29, 1.82) is 5.26 Å². The van der Waals surface area contributed by atoms with E-state index in [4.69, 9.17) is 15.5 Å². The first-order valence-corrected chi connectivity index (χ1v) is 10.4. The molecule has 4 rings (SSSR count). The van der Waals surface area contributed by atoms with Crippen LogP contribution in [0.1, 0.15) is 27.2 Å². The van der Waals surface area contributed by atoms with E-state index in [0.29, 0.717) is 5.69 Å². The highest BCUT2D eigenvalue weighted by atomic mass is 32.1. The summed E-state index contributed by atoms with van der Waals surface area (Å²) in [6.45, 7) is 4.14. The molecule has 0 atom stereocenters. The number of aromatic nitrogens is 2. The first-order valence-electron chi connectivity index (χ1n) is 9.56. The molecule has 0 spiro atoms. The lowest BCUT2D eigenvalue weighted by molar-refractivity contribution is 0.0593. The predicted octanol–water partition coefficient (Wildman–Crippen LogP) is 5.13. The van der Waals surface area contributed by atoms with Crippen molar-refractivity contribution in [3.05, 3.63) is 76.4 Å². The maximum absolute atomic E-state index is 12.3. The second-order valence-corrected chi connectivity index (χ2v) is 8.04. The lowest BCUT2D eigenvalue weighted by Crippen LogP contribution is -2.11. The van der Waals surface area contributed by atoms with Gasteiger partial charge in [-0.25, -0.2) is 9.78 Å². The quantitative estimate of drug-likeness (QED) is 0.455. The fraction of sp³-hybridized carbons (Fsp3) is 0.125. The molecule has 0 saturated heterocycles. The molecular weight excluding hydrogens is 408 g/mol. The summed E-state index contributed by atoms with van der Waals surface area (Å²) < 4.78 is 6.45. The number of thiazole rings is 1. The minimum absolute atomic E-state index is 0.103. The van der Waals surface area contributed by atoms with Crippen LogP contribution in [0.4, 0.5) is 5.69 Å². The molecule has 7 heteroatoms. The Morgan fingerprint density at radius 3 is 2.77 bits per heavy atom. The van der Waals surface area contributed by atoms with Crippen LogP contribution in [0.5, 0.6) is 0 Å². The first kappa shape index (κ1) is 20.4. The van der Waals surface area contributed by atoms with Crippen molar-refractivity contribution in [3.63, 3.8) is 0 Å². The third-order valence-electron chi connectivity index (χ3n) is 5.09. The Labute approximate surface area is 184 Å². The van der Waals surface area contributed by atoms with E-state index in [1.807, 2.05) is 35.7 Å². The summed E-state index contributed by atoms with van der Waals surface area (Å²) >= 11 is 1.55. The fourth-order valence-electron chi connectivity index (χ4n) is 3.45. The molecule has 154 valence electrons. The van der Waals surface area contributed by atoms with Crippen LogP contribution in [0.25, 0.3) is 27.5 Å². The van der Waals surface area contributed by atoms with Crippen LogP contribution in [0.3, 0.4) is 0 Å². The van der Waals surface area contributed by atoms with Gasteiger partial charge in [0.2, 0.25) is 0 Å². The Kier molecular flexibility index (Phi) is 5.32. The molecule has 2 aromatic heterocycles. The molecule has 0 fully saturated rings. The van der Waals surface area contributed by atoms with E-state index in [1.54, 1.807) is 22.1 Å². The third kappa shape index (κ3) is 3.69. The summed E-state index contributed by atoms with van der Waals surface area (Å²) in [5, 5.41) is 12.2. The van der Waals surface area contributed by atoms with Crippen molar-refractivity contribution in [2.75, 3.05) is 12.8 Å². The molecule has 0 unspecified atom stereocenters. The van der Waals surface area contributed by atoms with Gasteiger partial charge in [-0.3, -0.25) is 0 Å². The van der Waals surface area contributed by atoms with Gasteiger partial charge in [0.25, 0.3) is 0 Å². The van der Waals surface area contributed by atoms with E-state index >= 15 is 0 Å². The Hall–Kier alpha value is -3.89. The van der Waals surface area contributed by atoms with Crippen LogP contribution in [-0.4, -0.2) is 22.6 Å². The normalized spacial score (nSPS) is 10.6. The fourth-order valence-corrected chi connectivity index (χ4v) is 4.27.